The van der Waals surface area contributed by atoms with Gasteiger partial charge in [0.2, 0.25) is 0 Å². The monoisotopic (exact) mass is 218 g/mol. The summed E-state index contributed by atoms with van der Waals surface area (Å²) in [5, 5.41) is 0. The molecule has 0 saturated heterocycles. The maximum atomic E-state index is 3.76. The summed E-state index contributed by atoms with van der Waals surface area (Å²) in [5.74, 6) is 0. The van der Waals surface area contributed by atoms with Crippen molar-refractivity contribution >= 4 is 14.1 Å². The molecule has 0 fully saturated rings. The maximum absolute atomic E-state index is 3.76. The van der Waals surface area contributed by atoms with Gasteiger partial charge in [-0.1, -0.05) is 69.0 Å². The molecule has 0 saturated carbocycles. The van der Waals surface area contributed by atoms with E-state index in [2.05, 4.69) is 50.5 Å². The Morgan fingerprint density at radius 2 is 1.73 bits per heavy atom. The number of benzene rings is 1. The second-order valence-electron chi connectivity index (χ2n) is 5.36. The summed E-state index contributed by atoms with van der Waals surface area (Å²) in [4.78, 5) is 0. The molecule has 1 aromatic carbocycles. The number of hydrogen-bond acceptors (Lipinski definition) is 0. The molecule has 0 heterocycles. The summed E-state index contributed by atoms with van der Waals surface area (Å²) in [7, 11) is -0.845. The minimum Gasteiger partial charge on any atom is -0.0985 e. The van der Waals surface area contributed by atoms with Gasteiger partial charge in [0.1, 0.15) is 0 Å². The Kier molecular flexibility index (Phi) is 4.34. The third kappa shape index (κ3) is 4.98. The molecular weight excluding hydrogens is 196 g/mol. The van der Waals surface area contributed by atoms with Crippen LogP contribution in [0.3, 0.4) is 0 Å². The van der Waals surface area contributed by atoms with Crippen molar-refractivity contribution in [1.29, 1.82) is 0 Å². The van der Waals surface area contributed by atoms with Gasteiger partial charge in [0.25, 0.3) is 0 Å². The lowest BCUT2D eigenvalue weighted by Gasteiger charge is -2.15. The lowest BCUT2D eigenvalue weighted by molar-refractivity contribution is 0.902. The van der Waals surface area contributed by atoms with Crippen LogP contribution in [0, 0.1) is 0 Å². The van der Waals surface area contributed by atoms with E-state index in [4.69, 9.17) is 0 Å². The van der Waals surface area contributed by atoms with E-state index in [0.717, 1.165) is 0 Å². The van der Waals surface area contributed by atoms with Crippen LogP contribution in [0.5, 0.6) is 0 Å². The maximum Gasteiger partial charge on any atom is 0.0442 e. The van der Waals surface area contributed by atoms with Gasteiger partial charge in [-0.3, -0.25) is 0 Å². The first kappa shape index (κ1) is 12.2. The first-order chi connectivity index (χ1) is 7.01. The standard InChI is InChI=1S/C14H22Si/c1-5-13-8-10-14(11-9-13)7-6-12-15(2,3)4/h5,8-11H,1,6-7,12H2,2-4H3. The highest BCUT2D eigenvalue weighted by atomic mass is 28.3. The lowest BCUT2D eigenvalue weighted by atomic mass is 10.1. The Hall–Kier alpha value is -0.823. The molecule has 0 spiro atoms. The van der Waals surface area contributed by atoms with Crippen molar-refractivity contribution in [2.24, 2.45) is 0 Å². The van der Waals surface area contributed by atoms with Gasteiger partial charge >= 0.3 is 0 Å². The summed E-state index contributed by atoms with van der Waals surface area (Å²) in [6, 6.07) is 10.2. The predicted octanol–water partition coefficient (Wildman–Crippen LogP) is 4.60. The highest BCUT2D eigenvalue weighted by Crippen LogP contribution is 2.15. The van der Waals surface area contributed by atoms with Gasteiger partial charge in [-0.2, -0.15) is 0 Å². The average molecular weight is 218 g/mol. The van der Waals surface area contributed by atoms with Gasteiger partial charge in [0, 0.05) is 8.07 Å². The molecule has 1 heteroatoms. The van der Waals surface area contributed by atoms with Crippen LogP contribution in [0.1, 0.15) is 17.5 Å². The van der Waals surface area contributed by atoms with E-state index in [0.29, 0.717) is 0 Å². The molecule has 0 amide bonds. The Balaban J connectivity index is 2.41. The molecule has 0 aromatic heterocycles. The minimum absolute atomic E-state index is 0.845. The van der Waals surface area contributed by atoms with Crippen LogP contribution in [-0.2, 0) is 6.42 Å². The first-order valence-corrected chi connectivity index (χ1v) is 9.43. The largest absolute Gasteiger partial charge is 0.0985 e. The highest BCUT2D eigenvalue weighted by molar-refractivity contribution is 6.76. The van der Waals surface area contributed by atoms with Gasteiger partial charge < -0.3 is 0 Å². The zero-order valence-electron chi connectivity index (χ0n) is 10.2. The van der Waals surface area contributed by atoms with E-state index >= 15 is 0 Å². The average Bonchev–Trinajstić information content (AvgIpc) is 2.17. The third-order valence-corrected chi connectivity index (χ3v) is 4.46. The third-order valence-electron chi connectivity index (χ3n) is 2.61. The Labute approximate surface area is 95.0 Å². The summed E-state index contributed by atoms with van der Waals surface area (Å²) in [6.45, 7) is 11.1. The van der Waals surface area contributed by atoms with Crippen molar-refractivity contribution in [3.63, 3.8) is 0 Å². The molecular formula is C14H22Si. The molecule has 82 valence electrons. The van der Waals surface area contributed by atoms with Gasteiger partial charge in [0.15, 0.2) is 0 Å². The second-order valence-corrected chi connectivity index (χ2v) is 11.0. The fourth-order valence-electron chi connectivity index (χ4n) is 1.64. The van der Waals surface area contributed by atoms with Crippen LogP contribution in [0.4, 0.5) is 0 Å². The van der Waals surface area contributed by atoms with Crippen LogP contribution >= 0.6 is 0 Å². The number of aryl methyl sites for hydroxylation is 1. The molecule has 0 nitrogen and oxygen atoms in total. The number of rotatable bonds is 5. The van der Waals surface area contributed by atoms with Gasteiger partial charge in [-0.15, -0.1) is 0 Å². The fraction of sp³-hybridized carbons (Fsp3) is 0.429. The normalized spacial score (nSPS) is 11.4. The molecule has 0 atom stereocenters. The molecule has 1 aromatic rings. The van der Waals surface area contributed by atoms with Crippen molar-refractivity contribution < 1.29 is 0 Å². The van der Waals surface area contributed by atoms with Crippen molar-refractivity contribution in [2.75, 3.05) is 0 Å². The van der Waals surface area contributed by atoms with Crippen LogP contribution in [0.2, 0.25) is 25.7 Å². The summed E-state index contributed by atoms with van der Waals surface area (Å²) < 4.78 is 0. The van der Waals surface area contributed by atoms with E-state index in [1.807, 2.05) is 6.08 Å². The predicted molar refractivity (Wildman–Crippen MR) is 73.0 cm³/mol. The second kappa shape index (κ2) is 5.31. The smallest absolute Gasteiger partial charge is 0.0442 e. The zero-order valence-corrected chi connectivity index (χ0v) is 11.2. The molecule has 0 N–H and O–H groups in total. The molecule has 1 rings (SSSR count). The minimum atomic E-state index is -0.845. The summed E-state index contributed by atoms with van der Waals surface area (Å²) in [6.07, 6.45) is 4.46. The van der Waals surface area contributed by atoms with E-state index in [-0.39, 0.29) is 0 Å². The SMILES string of the molecule is C=Cc1ccc(CCC[Si](C)(C)C)cc1. The molecule has 0 unspecified atom stereocenters. The lowest BCUT2D eigenvalue weighted by Crippen LogP contribution is -2.18. The van der Waals surface area contributed by atoms with Gasteiger partial charge in [-0.05, 0) is 17.5 Å². The van der Waals surface area contributed by atoms with E-state index in [1.54, 1.807) is 0 Å². The zero-order chi connectivity index (χ0) is 11.3. The van der Waals surface area contributed by atoms with Crippen LogP contribution in [-0.4, -0.2) is 8.07 Å². The quantitative estimate of drug-likeness (QED) is 0.634. The number of hydrogen-bond donors (Lipinski definition) is 0. The summed E-state index contributed by atoms with van der Waals surface area (Å²) >= 11 is 0. The Bertz CT molecular complexity index is 303. The molecule has 15 heavy (non-hydrogen) atoms. The topological polar surface area (TPSA) is 0 Å². The Morgan fingerprint density at radius 1 is 1.13 bits per heavy atom. The molecule has 0 aliphatic heterocycles. The van der Waals surface area contributed by atoms with Crippen LogP contribution < -0.4 is 0 Å². The molecule has 0 bridgehead atoms. The van der Waals surface area contributed by atoms with Crippen LogP contribution in [0.25, 0.3) is 6.08 Å². The van der Waals surface area contributed by atoms with E-state index in [1.165, 1.54) is 30.0 Å². The molecule has 0 radical (unpaired) electrons. The van der Waals surface area contributed by atoms with Crippen molar-refractivity contribution in [2.45, 2.75) is 38.5 Å². The Morgan fingerprint density at radius 3 is 2.20 bits per heavy atom. The first-order valence-electron chi connectivity index (χ1n) is 5.73. The van der Waals surface area contributed by atoms with Crippen molar-refractivity contribution in [1.82, 2.24) is 0 Å². The van der Waals surface area contributed by atoms with Crippen molar-refractivity contribution in [3.05, 3.63) is 42.0 Å². The van der Waals surface area contributed by atoms with Gasteiger partial charge in [0.05, 0.1) is 0 Å². The van der Waals surface area contributed by atoms with Crippen molar-refractivity contribution in [3.8, 4) is 0 Å². The molecule has 0 aliphatic carbocycles. The molecule has 0 aliphatic rings. The van der Waals surface area contributed by atoms with E-state index < -0.39 is 8.07 Å². The van der Waals surface area contributed by atoms with E-state index in [9.17, 15) is 0 Å². The summed E-state index contributed by atoms with van der Waals surface area (Å²) in [5.41, 5.74) is 2.67. The highest BCUT2D eigenvalue weighted by Gasteiger charge is 2.11. The van der Waals surface area contributed by atoms with Gasteiger partial charge in [-0.25, -0.2) is 0 Å². The van der Waals surface area contributed by atoms with Crippen LogP contribution in [0.15, 0.2) is 30.8 Å². The fourth-order valence-corrected chi connectivity index (χ4v) is 2.88.